The van der Waals surface area contributed by atoms with Crippen LogP contribution < -0.4 is 10.6 Å². The molecule has 2 fully saturated rings. The second-order valence-electron chi connectivity index (χ2n) is 7.30. The third-order valence-electron chi connectivity index (χ3n) is 5.53. The van der Waals surface area contributed by atoms with Gasteiger partial charge in [-0.05, 0) is 49.9 Å². The SMILES string of the molecule is O=C(Nc1cncc(-c2cnc3[nH]ccc3c2)c1)C1CC1C1CCCN1. The van der Waals surface area contributed by atoms with E-state index >= 15 is 0 Å². The lowest BCUT2D eigenvalue weighted by atomic mass is 10.1. The Morgan fingerprint density at radius 2 is 2.12 bits per heavy atom. The lowest BCUT2D eigenvalue weighted by Gasteiger charge is -2.10. The average molecular weight is 347 g/mol. The molecule has 3 unspecified atom stereocenters. The molecule has 1 aliphatic heterocycles. The van der Waals surface area contributed by atoms with Crippen LogP contribution >= 0.6 is 0 Å². The van der Waals surface area contributed by atoms with Crippen LogP contribution in [-0.2, 0) is 4.79 Å². The number of fused-ring (bicyclic) bond motifs is 1. The molecule has 1 saturated heterocycles. The van der Waals surface area contributed by atoms with Crippen molar-refractivity contribution in [3.63, 3.8) is 0 Å². The van der Waals surface area contributed by atoms with E-state index in [0.29, 0.717) is 12.0 Å². The molecule has 0 bridgehead atoms. The van der Waals surface area contributed by atoms with Crippen molar-refractivity contribution in [2.45, 2.75) is 25.3 Å². The van der Waals surface area contributed by atoms with Crippen molar-refractivity contribution < 1.29 is 4.79 Å². The summed E-state index contributed by atoms with van der Waals surface area (Å²) in [5.74, 6) is 0.739. The van der Waals surface area contributed by atoms with Crippen LogP contribution in [0.4, 0.5) is 5.69 Å². The molecule has 0 aromatic carbocycles. The van der Waals surface area contributed by atoms with Crippen molar-refractivity contribution in [1.29, 1.82) is 0 Å². The molecule has 6 nitrogen and oxygen atoms in total. The Morgan fingerprint density at radius 1 is 1.19 bits per heavy atom. The number of carbonyl (C=O) groups excluding carboxylic acids is 1. The van der Waals surface area contributed by atoms with Crippen molar-refractivity contribution in [2.24, 2.45) is 11.8 Å². The van der Waals surface area contributed by atoms with E-state index in [1.165, 1.54) is 12.8 Å². The molecular weight excluding hydrogens is 326 g/mol. The van der Waals surface area contributed by atoms with Crippen LogP contribution in [0.1, 0.15) is 19.3 Å². The van der Waals surface area contributed by atoms with Gasteiger partial charge in [-0.15, -0.1) is 0 Å². The lowest BCUT2D eigenvalue weighted by Crippen LogP contribution is -2.26. The Labute approximate surface area is 151 Å². The Bertz CT molecular complexity index is 959. The van der Waals surface area contributed by atoms with Crippen LogP contribution in [0.2, 0.25) is 0 Å². The molecule has 6 heteroatoms. The normalized spacial score (nSPS) is 24.7. The lowest BCUT2D eigenvalue weighted by molar-refractivity contribution is -0.117. The summed E-state index contributed by atoms with van der Waals surface area (Å²) in [7, 11) is 0. The van der Waals surface area contributed by atoms with E-state index in [4.69, 9.17) is 0 Å². The van der Waals surface area contributed by atoms with Gasteiger partial charge < -0.3 is 15.6 Å². The smallest absolute Gasteiger partial charge is 0.227 e. The van der Waals surface area contributed by atoms with Crippen LogP contribution in [0.3, 0.4) is 0 Å². The van der Waals surface area contributed by atoms with Crippen LogP contribution in [0.15, 0.2) is 43.0 Å². The summed E-state index contributed by atoms with van der Waals surface area (Å²) >= 11 is 0. The van der Waals surface area contributed by atoms with Crippen molar-refractivity contribution >= 4 is 22.6 Å². The third kappa shape index (κ3) is 2.86. The average Bonchev–Trinajstić information content (AvgIpc) is 3.07. The number of hydrogen-bond donors (Lipinski definition) is 3. The van der Waals surface area contributed by atoms with Crippen molar-refractivity contribution in [1.82, 2.24) is 20.3 Å². The van der Waals surface area contributed by atoms with Crippen LogP contribution in [0, 0.1) is 11.8 Å². The molecule has 1 saturated carbocycles. The number of amides is 1. The van der Waals surface area contributed by atoms with Gasteiger partial charge in [-0.1, -0.05) is 0 Å². The molecule has 132 valence electrons. The summed E-state index contributed by atoms with van der Waals surface area (Å²) in [4.78, 5) is 24.4. The first kappa shape index (κ1) is 15.5. The number of pyridine rings is 2. The molecule has 0 spiro atoms. The van der Waals surface area contributed by atoms with E-state index in [9.17, 15) is 4.79 Å². The number of aromatic nitrogens is 3. The predicted molar refractivity (Wildman–Crippen MR) is 101 cm³/mol. The van der Waals surface area contributed by atoms with Gasteiger partial charge >= 0.3 is 0 Å². The van der Waals surface area contributed by atoms with Gasteiger partial charge in [0.05, 0.1) is 11.9 Å². The van der Waals surface area contributed by atoms with Gasteiger partial charge in [0.25, 0.3) is 0 Å². The van der Waals surface area contributed by atoms with Crippen molar-refractivity contribution in [3.8, 4) is 11.1 Å². The number of nitrogens with one attached hydrogen (secondary N) is 3. The standard InChI is InChI=1S/C20H21N5O/c26-20(17-8-16(17)18-2-1-4-22-18)25-15-7-14(9-21-11-15)13-6-12-3-5-23-19(12)24-10-13/h3,5-7,9-11,16-18,22H,1-2,4,8H2,(H,23,24)(H,25,26). The molecular formula is C20H21N5O. The summed E-state index contributed by atoms with van der Waals surface area (Å²) in [5, 5.41) is 7.61. The highest BCUT2D eigenvalue weighted by molar-refractivity contribution is 5.95. The molecule has 1 amide bonds. The van der Waals surface area contributed by atoms with Gasteiger partial charge in [0.1, 0.15) is 5.65 Å². The van der Waals surface area contributed by atoms with Gasteiger partial charge in [0.2, 0.25) is 5.91 Å². The van der Waals surface area contributed by atoms with Gasteiger partial charge in [-0.3, -0.25) is 9.78 Å². The molecule has 3 aromatic heterocycles. The quantitative estimate of drug-likeness (QED) is 0.678. The molecule has 5 rings (SSSR count). The van der Waals surface area contributed by atoms with E-state index in [0.717, 1.165) is 40.8 Å². The van der Waals surface area contributed by atoms with Gasteiger partial charge in [0.15, 0.2) is 0 Å². The molecule has 1 aliphatic carbocycles. The van der Waals surface area contributed by atoms with E-state index in [-0.39, 0.29) is 11.8 Å². The zero-order valence-electron chi connectivity index (χ0n) is 14.4. The van der Waals surface area contributed by atoms with Crippen LogP contribution in [0.5, 0.6) is 0 Å². The first-order valence-electron chi connectivity index (χ1n) is 9.21. The fraction of sp³-hybridized carbons (Fsp3) is 0.350. The summed E-state index contributed by atoms with van der Waals surface area (Å²) in [6.45, 7) is 1.08. The highest BCUT2D eigenvalue weighted by Gasteiger charge is 2.48. The number of anilines is 1. The van der Waals surface area contributed by atoms with E-state index in [1.807, 2.05) is 24.5 Å². The zero-order valence-corrected chi connectivity index (χ0v) is 14.4. The Morgan fingerprint density at radius 3 is 3.00 bits per heavy atom. The highest BCUT2D eigenvalue weighted by Crippen LogP contribution is 2.44. The number of hydrogen-bond acceptors (Lipinski definition) is 4. The Kier molecular flexibility index (Phi) is 3.71. The Balaban J connectivity index is 1.31. The summed E-state index contributed by atoms with van der Waals surface area (Å²) in [6, 6.07) is 6.56. The first-order chi connectivity index (χ1) is 12.8. The molecule has 3 N–H and O–H groups in total. The monoisotopic (exact) mass is 347 g/mol. The van der Waals surface area contributed by atoms with Crippen molar-refractivity contribution in [2.75, 3.05) is 11.9 Å². The fourth-order valence-corrected chi connectivity index (χ4v) is 4.04. The summed E-state index contributed by atoms with van der Waals surface area (Å²) < 4.78 is 0. The second-order valence-corrected chi connectivity index (χ2v) is 7.30. The largest absolute Gasteiger partial charge is 0.346 e. The van der Waals surface area contributed by atoms with E-state index < -0.39 is 0 Å². The Hall–Kier alpha value is -2.73. The maximum atomic E-state index is 12.5. The number of nitrogens with zero attached hydrogens (tertiary/aromatic N) is 2. The first-order valence-corrected chi connectivity index (χ1v) is 9.21. The van der Waals surface area contributed by atoms with Crippen molar-refractivity contribution in [3.05, 3.63) is 43.0 Å². The molecule has 0 radical (unpaired) electrons. The molecule has 26 heavy (non-hydrogen) atoms. The second kappa shape index (κ2) is 6.21. The van der Waals surface area contributed by atoms with E-state index in [2.05, 4.69) is 31.7 Å². The maximum Gasteiger partial charge on any atom is 0.227 e. The van der Waals surface area contributed by atoms with Gasteiger partial charge in [-0.25, -0.2) is 4.98 Å². The number of H-pyrrole nitrogens is 1. The van der Waals surface area contributed by atoms with Gasteiger partial charge in [-0.2, -0.15) is 0 Å². The minimum absolute atomic E-state index is 0.113. The van der Waals surface area contributed by atoms with Crippen LogP contribution in [0.25, 0.3) is 22.2 Å². The third-order valence-corrected chi connectivity index (χ3v) is 5.53. The number of carbonyl (C=O) groups is 1. The number of aromatic amines is 1. The van der Waals surface area contributed by atoms with Gasteiger partial charge in [0, 0.05) is 47.1 Å². The molecule has 3 aromatic rings. The minimum atomic E-state index is 0.113. The minimum Gasteiger partial charge on any atom is -0.346 e. The summed E-state index contributed by atoms with van der Waals surface area (Å²) in [6.07, 6.45) is 10.6. The fourth-order valence-electron chi connectivity index (χ4n) is 4.04. The zero-order chi connectivity index (χ0) is 17.5. The van der Waals surface area contributed by atoms with E-state index in [1.54, 1.807) is 12.4 Å². The molecule has 4 heterocycles. The molecule has 2 aliphatic rings. The maximum absolute atomic E-state index is 12.5. The molecule has 3 atom stereocenters. The number of rotatable bonds is 4. The van der Waals surface area contributed by atoms with Crippen LogP contribution in [-0.4, -0.2) is 33.4 Å². The highest BCUT2D eigenvalue weighted by atomic mass is 16.2. The predicted octanol–water partition coefficient (Wildman–Crippen LogP) is 2.95. The summed E-state index contributed by atoms with van der Waals surface area (Å²) in [5.41, 5.74) is 3.54. The topological polar surface area (TPSA) is 82.7 Å².